The standard InChI is InChI=1S/C23H22ClN3O2/c1-27(15-16-6-3-2-4-7-16)11-5-10-25-22(28)21-13-18-12-17-8-9-19(24)14-20(17)26-23(18)29-21/h2-4,6-9,12-14H,5,10-11,15H2,1H3,(H,25,28). The van der Waals surface area contributed by atoms with E-state index < -0.39 is 0 Å². The number of carbonyl (C=O) groups is 1. The summed E-state index contributed by atoms with van der Waals surface area (Å²) < 4.78 is 5.66. The molecule has 2 heterocycles. The Labute approximate surface area is 174 Å². The van der Waals surface area contributed by atoms with Gasteiger partial charge in [-0.3, -0.25) is 4.79 Å². The lowest BCUT2D eigenvalue weighted by molar-refractivity contribution is 0.0926. The quantitative estimate of drug-likeness (QED) is 0.443. The topological polar surface area (TPSA) is 58.4 Å². The average Bonchev–Trinajstić information content (AvgIpc) is 3.13. The Hall–Kier alpha value is -2.89. The van der Waals surface area contributed by atoms with Crippen LogP contribution in [0.2, 0.25) is 5.02 Å². The first-order valence-corrected chi connectivity index (χ1v) is 9.97. The number of furan rings is 1. The number of pyridine rings is 1. The molecule has 0 saturated heterocycles. The number of halogens is 1. The van der Waals surface area contributed by atoms with Crippen LogP contribution in [0.4, 0.5) is 0 Å². The summed E-state index contributed by atoms with van der Waals surface area (Å²) in [6, 6.07) is 19.5. The minimum absolute atomic E-state index is 0.226. The molecule has 0 spiro atoms. The number of nitrogens with one attached hydrogen (secondary N) is 1. The van der Waals surface area contributed by atoms with Gasteiger partial charge in [-0.2, -0.15) is 0 Å². The smallest absolute Gasteiger partial charge is 0.287 e. The molecule has 0 radical (unpaired) electrons. The van der Waals surface area contributed by atoms with Crippen LogP contribution in [0.5, 0.6) is 0 Å². The molecule has 4 rings (SSSR count). The minimum Gasteiger partial charge on any atom is -0.433 e. The predicted molar refractivity (Wildman–Crippen MR) is 116 cm³/mol. The third kappa shape index (κ3) is 4.75. The van der Waals surface area contributed by atoms with Gasteiger partial charge in [0.15, 0.2) is 5.76 Å². The molecule has 0 aliphatic heterocycles. The van der Waals surface area contributed by atoms with Crippen LogP contribution in [-0.2, 0) is 6.54 Å². The molecule has 1 N–H and O–H groups in total. The van der Waals surface area contributed by atoms with Crippen molar-refractivity contribution in [3.8, 4) is 0 Å². The fraction of sp³-hybridized carbons (Fsp3) is 0.217. The van der Waals surface area contributed by atoms with E-state index in [4.69, 9.17) is 16.0 Å². The Balaban J connectivity index is 1.32. The van der Waals surface area contributed by atoms with Gasteiger partial charge in [0, 0.05) is 28.9 Å². The van der Waals surface area contributed by atoms with Crippen LogP contribution in [0.3, 0.4) is 0 Å². The highest BCUT2D eigenvalue weighted by molar-refractivity contribution is 6.31. The van der Waals surface area contributed by atoms with Crippen molar-refractivity contribution in [3.05, 3.63) is 77.0 Å². The third-order valence-electron chi connectivity index (χ3n) is 4.79. The van der Waals surface area contributed by atoms with E-state index in [9.17, 15) is 4.79 Å². The maximum absolute atomic E-state index is 12.4. The van der Waals surface area contributed by atoms with Crippen molar-refractivity contribution >= 4 is 39.5 Å². The molecule has 0 saturated carbocycles. The van der Waals surface area contributed by atoms with Crippen LogP contribution in [0, 0.1) is 0 Å². The largest absolute Gasteiger partial charge is 0.433 e. The highest BCUT2D eigenvalue weighted by Gasteiger charge is 2.13. The van der Waals surface area contributed by atoms with Crippen LogP contribution in [0.15, 0.2) is 65.1 Å². The lowest BCUT2D eigenvalue weighted by Crippen LogP contribution is -2.27. The third-order valence-corrected chi connectivity index (χ3v) is 5.02. The molecule has 4 aromatic rings. The van der Waals surface area contributed by atoms with E-state index in [1.165, 1.54) is 5.56 Å². The Morgan fingerprint density at radius 3 is 2.76 bits per heavy atom. The molecule has 2 aromatic carbocycles. The van der Waals surface area contributed by atoms with E-state index in [-0.39, 0.29) is 11.7 Å². The van der Waals surface area contributed by atoms with E-state index in [1.54, 1.807) is 12.1 Å². The van der Waals surface area contributed by atoms with Gasteiger partial charge in [0.2, 0.25) is 5.71 Å². The summed E-state index contributed by atoms with van der Waals surface area (Å²) in [5.41, 5.74) is 2.46. The zero-order chi connectivity index (χ0) is 20.2. The first kappa shape index (κ1) is 19.4. The number of fused-ring (bicyclic) bond motifs is 2. The fourth-order valence-corrected chi connectivity index (χ4v) is 3.49. The highest BCUT2D eigenvalue weighted by atomic mass is 35.5. The van der Waals surface area contributed by atoms with Crippen molar-refractivity contribution in [2.75, 3.05) is 20.1 Å². The van der Waals surface area contributed by atoms with Gasteiger partial charge in [-0.05, 0) is 49.8 Å². The SMILES string of the molecule is CN(CCCNC(=O)c1cc2cc3ccc(Cl)cc3nc2o1)Cc1ccccc1. The van der Waals surface area contributed by atoms with Crippen LogP contribution < -0.4 is 5.32 Å². The van der Waals surface area contributed by atoms with Gasteiger partial charge in [-0.15, -0.1) is 0 Å². The van der Waals surface area contributed by atoms with Gasteiger partial charge in [0.1, 0.15) is 0 Å². The summed E-state index contributed by atoms with van der Waals surface area (Å²) in [6.45, 7) is 2.37. The molecule has 29 heavy (non-hydrogen) atoms. The second kappa shape index (κ2) is 8.64. The van der Waals surface area contributed by atoms with E-state index in [2.05, 4.69) is 34.4 Å². The maximum atomic E-state index is 12.4. The van der Waals surface area contributed by atoms with Crippen molar-refractivity contribution in [2.24, 2.45) is 0 Å². The fourth-order valence-electron chi connectivity index (χ4n) is 3.32. The molecule has 0 bridgehead atoms. The number of carbonyl (C=O) groups excluding carboxylic acids is 1. The second-order valence-electron chi connectivity index (χ2n) is 7.16. The minimum atomic E-state index is -0.226. The molecule has 0 aliphatic carbocycles. The number of rotatable bonds is 7. The van der Waals surface area contributed by atoms with Crippen LogP contribution in [-0.4, -0.2) is 35.9 Å². The van der Waals surface area contributed by atoms with Crippen LogP contribution in [0.1, 0.15) is 22.5 Å². The van der Waals surface area contributed by atoms with E-state index in [0.29, 0.717) is 17.3 Å². The molecule has 2 aromatic heterocycles. The van der Waals surface area contributed by atoms with Gasteiger partial charge < -0.3 is 14.6 Å². The number of hydrogen-bond donors (Lipinski definition) is 1. The highest BCUT2D eigenvalue weighted by Crippen LogP contribution is 2.24. The monoisotopic (exact) mass is 407 g/mol. The summed E-state index contributed by atoms with van der Waals surface area (Å²) in [4.78, 5) is 19.1. The van der Waals surface area contributed by atoms with Crippen LogP contribution in [0.25, 0.3) is 22.0 Å². The van der Waals surface area contributed by atoms with E-state index >= 15 is 0 Å². The zero-order valence-electron chi connectivity index (χ0n) is 16.2. The first-order valence-electron chi connectivity index (χ1n) is 9.59. The Bertz CT molecular complexity index is 1140. The molecule has 0 atom stereocenters. The van der Waals surface area contributed by atoms with Gasteiger partial charge >= 0.3 is 0 Å². The van der Waals surface area contributed by atoms with Gasteiger partial charge in [-0.25, -0.2) is 4.98 Å². The lowest BCUT2D eigenvalue weighted by atomic mass is 10.2. The average molecular weight is 408 g/mol. The van der Waals surface area contributed by atoms with Crippen molar-refractivity contribution in [2.45, 2.75) is 13.0 Å². The Morgan fingerprint density at radius 2 is 1.93 bits per heavy atom. The molecule has 5 nitrogen and oxygen atoms in total. The maximum Gasteiger partial charge on any atom is 0.287 e. The van der Waals surface area contributed by atoms with Gasteiger partial charge in [0.25, 0.3) is 5.91 Å². The number of hydrogen-bond acceptors (Lipinski definition) is 4. The molecule has 148 valence electrons. The normalized spacial score (nSPS) is 11.4. The van der Waals surface area contributed by atoms with Crippen molar-refractivity contribution in [1.29, 1.82) is 0 Å². The molecule has 1 amide bonds. The summed E-state index contributed by atoms with van der Waals surface area (Å²) in [7, 11) is 2.08. The van der Waals surface area contributed by atoms with Gasteiger partial charge in [0.05, 0.1) is 5.52 Å². The van der Waals surface area contributed by atoms with Crippen molar-refractivity contribution < 1.29 is 9.21 Å². The molecular formula is C23H22ClN3O2. The number of nitrogens with zero attached hydrogens (tertiary/aromatic N) is 2. The van der Waals surface area contributed by atoms with E-state index in [0.717, 1.165) is 35.8 Å². The summed E-state index contributed by atoms with van der Waals surface area (Å²) >= 11 is 6.03. The lowest BCUT2D eigenvalue weighted by Gasteiger charge is -2.16. The Kier molecular flexibility index (Phi) is 5.79. The first-order chi connectivity index (χ1) is 14.1. The van der Waals surface area contributed by atoms with Gasteiger partial charge in [-0.1, -0.05) is 48.0 Å². The predicted octanol–water partition coefficient (Wildman–Crippen LogP) is 4.89. The van der Waals surface area contributed by atoms with Crippen molar-refractivity contribution in [3.63, 3.8) is 0 Å². The zero-order valence-corrected chi connectivity index (χ0v) is 16.9. The second-order valence-corrected chi connectivity index (χ2v) is 7.60. The number of benzene rings is 2. The van der Waals surface area contributed by atoms with E-state index in [1.807, 2.05) is 36.4 Å². The summed E-state index contributed by atoms with van der Waals surface area (Å²) in [5.74, 6) is 0.0438. The molecule has 6 heteroatoms. The molecular weight excluding hydrogens is 386 g/mol. The van der Waals surface area contributed by atoms with Crippen molar-refractivity contribution in [1.82, 2.24) is 15.2 Å². The summed E-state index contributed by atoms with van der Waals surface area (Å²) in [6.07, 6.45) is 0.857. The Morgan fingerprint density at radius 1 is 1.10 bits per heavy atom. The molecule has 0 unspecified atom stereocenters. The number of amides is 1. The molecule has 0 fully saturated rings. The molecule has 0 aliphatic rings. The summed E-state index contributed by atoms with van der Waals surface area (Å²) in [5, 5.41) is 5.29. The van der Waals surface area contributed by atoms with Crippen LogP contribution >= 0.6 is 11.6 Å². The number of aromatic nitrogens is 1.